The van der Waals surface area contributed by atoms with Gasteiger partial charge in [-0.15, -0.1) is 0 Å². The lowest BCUT2D eigenvalue weighted by Crippen LogP contribution is -2.04. The minimum atomic E-state index is 0.153. The maximum absolute atomic E-state index is 11.7. The molecular weight excluding hydrogens is 312 g/mol. The summed E-state index contributed by atoms with van der Waals surface area (Å²) in [5, 5.41) is 0. The van der Waals surface area contributed by atoms with Crippen molar-refractivity contribution in [3.63, 3.8) is 0 Å². The van der Waals surface area contributed by atoms with Gasteiger partial charge in [-0.3, -0.25) is 4.79 Å². The fraction of sp³-hybridized carbons (Fsp3) is 0.167. The van der Waals surface area contributed by atoms with Crippen molar-refractivity contribution in [2.75, 3.05) is 0 Å². The quantitative estimate of drug-likeness (QED) is 0.773. The summed E-state index contributed by atoms with van der Waals surface area (Å²) in [5.41, 5.74) is 4.86. The van der Waals surface area contributed by atoms with Gasteiger partial charge < -0.3 is 0 Å². The summed E-state index contributed by atoms with van der Waals surface area (Å²) in [7, 11) is 0. The first-order valence-corrected chi connectivity index (χ1v) is 7.51. The molecule has 3 rings (SSSR count). The van der Waals surface area contributed by atoms with Crippen LogP contribution in [0.15, 0.2) is 54.6 Å². The number of hydrogen-bond acceptors (Lipinski definition) is 1. The van der Waals surface area contributed by atoms with E-state index in [0.29, 0.717) is 6.42 Å². The Morgan fingerprint density at radius 3 is 2.40 bits per heavy atom. The third kappa shape index (κ3) is 2.25. The molecule has 1 atom stereocenters. The van der Waals surface area contributed by atoms with Gasteiger partial charge in [0.25, 0.3) is 0 Å². The Labute approximate surface area is 127 Å². The molecule has 0 radical (unpaired) electrons. The number of rotatable bonds is 3. The SMILES string of the molecule is CC(=O)CC1C(c2ccccc2)=C(Br)c2ccccc21. The molecule has 0 spiro atoms. The summed E-state index contributed by atoms with van der Waals surface area (Å²) in [6.07, 6.45) is 0.552. The first-order valence-electron chi connectivity index (χ1n) is 6.72. The van der Waals surface area contributed by atoms with E-state index in [9.17, 15) is 4.79 Å². The van der Waals surface area contributed by atoms with E-state index >= 15 is 0 Å². The topological polar surface area (TPSA) is 17.1 Å². The summed E-state index contributed by atoms with van der Waals surface area (Å²) in [5.74, 6) is 0.376. The second-order valence-corrected chi connectivity index (χ2v) is 5.93. The predicted molar refractivity (Wildman–Crippen MR) is 86.7 cm³/mol. The van der Waals surface area contributed by atoms with Crippen molar-refractivity contribution in [2.24, 2.45) is 0 Å². The molecule has 0 saturated heterocycles. The molecule has 0 heterocycles. The maximum Gasteiger partial charge on any atom is 0.130 e. The number of halogens is 1. The summed E-state index contributed by atoms with van der Waals surface area (Å²) in [6.45, 7) is 1.66. The third-order valence-corrected chi connectivity index (χ3v) is 4.59. The van der Waals surface area contributed by atoms with Crippen LogP contribution in [0.3, 0.4) is 0 Å². The van der Waals surface area contributed by atoms with Crippen LogP contribution in [-0.2, 0) is 4.79 Å². The highest BCUT2D eigenvalue weighted by atomic mass is 79.9. The second kappa shape index (κ2) is 5.37. The molecule has 0 fully saturated rings. The van der Waals surface area contributed by atoms with Gasteiger partial charge in [-0.25, -0.2) is 0 Å². The van der Waals surface area contributed by atoms with Crippen LogP contribution in [0.2, 0.25) is 0 Å². The molecule has 20 heavy (non-hydrogen) atoms. The molecule has 0 saturated carbocycles. The second-order valence-electron chi connectivity index (χ2n) is 5.14. The molecule has 0 aliphatic heterocycles. The average Bonchev–Trinajstić information content (AvgIpc) is 2.73. The summed E-state index contributed by atoms with van der Waals surface area (Å²) in [6, 6.07) is 18.6. The predicted octanol–water partition coefficient (Wildman–Crippen LogP) is 5.03. The van der Waals surface area contributed by atoms with Crippen LogP contribution in [0.25, 0.3) is 10.1 Å². The van der Waals surface area contributed by atoms with E-state index in [2.05, 4.69) is 40.2 Å². The molecule has 100 valence electrons. The molecule has 2 aromatic carbocycles. The zero-order chi connectivity index (χ0) is 14.1. The van der Waals surface area contributed by atoms with E-state index in [0.717, 1.165) is 4.48 Å². The number of carbonyl (C=O) groups excluding carboxylic acids is 1. The Hall–Kier alpha value is -1.67. The molecule has 2 aromatic rings. The number of carbonyl (C=O) groups is 1. The van der Waals surface area contributed by atoms with Gasteiger partial charge in [-0.2, -0.15) is 0 Å². The van der Waals surface area contributed by atoms with Crippen molar-refractivity contribution in [1.82, 2.24) is 0 Å². The first kappa shape index (κ1) is 13.3. The van der Waals surface area contributed by atoms with Gasteiger partial charge in [-0.05, 0) is 45.1 Å². The van der Waals surface area contributed by atoms with E-state index in [1.807, 2.05) is 30.3 Å². The Balaban J connectivity index is 2.16. The number of hydrogen-bond donors (Lipinski definition) is 0. The van der Waals surface area contributed by atoms with Crippen molar-refractivity contribution < 1.29 is 4.79 Å². The summed E-state index contributed by atoms with van der Waals surface area (Å²) in [4.78, 5) is 11.7. The van der Waals surface area contributed by atoms with E-state index in [1.54, 1.807) is 6.92 Å². The molecule has 1 aliphatic rings. The molecule has 0 amide bonds. The zero-order valence-electron chi connectivity index (χ0n) is 11.3. The van der Waals surface area contributed by atoms with Crippen LogP contribution in [0.4, 0.5) is 0 Å². The highest BCUT2D eigenvalue weighted by Crippen LogP contribution is 2.50. The van der Waals surface area contributed by atoms with Gasteiger partial charge in [0.2, 0.25) is 0 Å². The summed E-state index contributed by atoms with van der Waals surface area (Å²) >= 11 is 3.74. The number of fused-ring (bicyclic) bond motifs is 1. The Bertz CT molecular complexity index is 686. The highest BCUT2D eigenvalue weighted by molar-refractivity contribution is 9.15. The Morgan fingerprint density at radius 1 is 1.05 bits per heavy atom. The lowest BCUT2D eigenvalue weighted by molar-refractivity contribution is -0.117. The molecule has 0 aromatic heterocycles. The largest absolute Gasteiger partial charge is 0.300 e. The number of allylic oxidation sites excluding steroid dienone is 1. The smallest absolute Gasteiger partial charge is 0.130 e. The third-order valence-electron chi connectivity index (χ3n) is 3.73. The van der Waals surface area contributed by atoms with Gasteiger partial charge >= 0.3 is 0 Å². The van der Waals surface area contributed by atoms with Gasteiger partial charge in [0.05, 0.1) is 0 Å². The van der Waals surface area contributed by atoms with Crippen molar-refractivity contribution in [3.05, 3.63) is 71.3 Å². The minimum Gasteiger partial charge on any atom is -0.300 e. The normalized spacial score (nSPS) is 17.2. The molecule has 0 N–H and O–H groups in total. The number of Topliss-reactive ketones (excluding diaryl/α,β-unsaturated/α-hetero) is 1. The fourth-order valence-corrected chi connectivity index (χ4v) is 3.77. The standard InChI is InChI=1S/C18H15BrO/c1-12(20)11-16-14-9-5-6-10-15(14)18(19)17(16)13-7-3-2-4-8-13/h2-10,16H,11H2,1H3. The van der Waals surface area contributed by atoms with Crippen molar-refractivity contribution in [2.45, 2.75) is 19.3 Å². The lowest BCUT2D eigenvalue weighted by atomic mass is 9.87. The first-order chi connectivity index (χ1) is 9.68. The minimum absolute atomic E-state index is 0.153. The molecule has 1 nitrogen and oxygen atoms in total. The van der Waals surface area contributed by atoms with Crippen LogP contribution in [-0.4, -0.2) is 5.78 Å². The van der Waals surface area contributed by atoms with E-state index in [1.165, 1.54) is 22.3 Å². The fourth-order valence-electron chi connectivity index (χ4n) is 2.90. The highest BCUT2D eigenvalue weighted by Gasteiger charge is 2.31. The monoisotopic (exact) mass is 326 g/mol. The zero-order valence-corrected chi connectivity index (χ0v) is 12.9. The van der Waals surface area contributed by atoms with Crippen LogP contribution in [0.1, 0.15) is 36.0 Å². The van der Waals surface area contributed by atoms with E-state index in [-0.39, 0.29) is 11.7 Å². The molecule has 0 bridgehead atoms. The molecular formula is C18H15BrO. The van der Waals surface area contributed by atoms with Gasteiger partial charge in [0.1, 0.15) is 5.78 Å². The molecule has 2 heteroatoms. The molecule has 1 unspecified atom stereocenters. The Morgan fingerprint density at radius 2 is 1.70 bits per heavy atom. The van der Waals surface area contributed by atoms with Gasteiger partial charge in [0, 0.05) is 16.8 Å². The van der Waals surface area contributed by atoms with Crippen LogP contribution in [0.5, 0.6) is 0 Å². The van der Waals surface area contributed by atoms with Crippen LogP contribution in [0, 0.1) is 0 Å². The number of benzene rings is 2. The van der Waals surface area contributed by atoms with Crippen molar-refractivity contribution in [3.8, 4) is 0 Å². The average molecular weight is 327 g/mol. The molecule has 1 aliphatic carbocycles. The number of ketones is 1. The summed E-state index contributed by atoms with van der Waals surface area (Å²) < 4.78 is 1.12. The van der Waals surface area contributed by atoms with Crippen LogP contribution < -0.4 is 0 Å². The van der Waals surface area contributed by atoms with Gasteiger partial charge in [-0.1, -0.05) is 54.6 Å². The van der Waals surface area contributed by atoms with Crippen molar-refractivity contribution in [1.29, 1.82) is 0 Å². The van der Waals surface area contributed by atoms with Gasteiger partial charge in [0.15, 0.2) is 0 Å². The maximum atomic E-state index is 11.7. The van der Waals surface area contributed by atoms with Crippen molar-refractivity contribution >= 4 is 31.8 Å². The van der Waals surface area contributed by atoms with E-state index in [4.69, 9.17) is 0 Å². The Kier molecular flexibility index (Phi) is 3.58. The van der Waals surface area contributed by atoms with Crippen LogP contribution >= 0.6 is 15.9 Å². The van der Waals surface area contributed by atoms with E-state index < -0.39 is 0 Å². The lowest BCUT2D eigenvalue weighted by Gasteiger charge is -2.15.